The molecule has 1 aromatic rings. The Labute approximate surface area is 155 Å². The quantitative estimate of drug-likeness (QED) is 0.470. The topological polar surface area (TPSA) is 93.1 Å². The van der Waals surface area contributed by atoms with Crippen LogP contribution in [-0.4, -0.2) is 56.9 Å². The van der Waals surface area contributed by atoms with Crippen molar-refractivity contribution < 1.29 is 29.0 Å². The normalized spacial score (nSPS) is 27.3. The molecule has 4 atom stereocenters. The number of fused-ring (bicyclic) bond motifs is 1. The number of hydrogen-bond acceptors (Lipinski definition) is 7. The predicted octanol–water partition coefficient (Wildman–Crippen LogP) is 1.40. The van der Waals surface area contributed by atoms with Crippen molar-refractivity contribution in [2.24, 2.45) is 5.92 Å². The van der Waals surface area contributed by atoms with Crippen LogP contribution in [0.1, 0.15) is 31.1 Å². The minimum atomic E-state index is -1.08. The molecule has 1 N–H and O–H groups in total. The minimum absolute atomic E-state index is 0.234. The smallest absolute Gasteiger partial charge is 0.341 e. The van der Waals surface area contributed by atoms with Crippen LogP contribution < -0.4 is 0 Å². The second-order valence-corrected chi connectivity index (χ2v) is 8.60. The number of carbonyl (C=O) groups is 3. The van der Waals surface area contributed by atoms with Gasteiger partial charge in [0.15, 0.2) is 0 Å². The summed E-state index contributed by atoms with van der Waals surface area (Å²) in [6, 6.07) is 7.61. The van der Waals surface area contributed by atoms with Gasteiger partial charge in [0.1, 0.15) is 6.04 Å². The van der Waals surface area contributed by atoms with E-state index in [-0.39, 0.29) is 17.9 Å². The van der Waals surface area contributed by atoms with E-state index in [0.29, 0.717) is 5.56 Å². The first kappa shape index (κ1) is 18.7. The monoisotopic (exact) mass is 379 g/mol. The third kappa shape index (κ3) is 3.19. The van der Waals surface area contributed by atoms with E-state index in [9.17, 15) is 19.5 Å². The summed E-state index contributed by atoms with van der Waals surface area (Å²) in [6.45, 7) is 4.92. The van der Waals surface area contributed by atoms with Gasteiger partial charge in [0.25, 0.3) is 0 Å². The molecule has 2 aliphatic rings. The van der Waals surface area contributed by atoms with Crippen LogP contribution in [0, 0.1) is 5.92 Å². The zero-order valence-corrected chi connectivity index (χ0v) is 15.6. The standard InChI is InChI=1S/C18H21NO6S/c1-10(24-16(22)11-7-5-4-6-8-11)25-17(23)13-18(2,3)26-15-12(9-20)14(21)19(13)15/h4-8,10,12-13,15,20H,9H2,1-3H3. The number of ether oxygens (including phenoxy) is 2. The average molecular weight is 379 g/mol. The van der Waals surface area contributed by atoms with Crippen molar-refractivity contribution in [2.75, 3.05) is 6.61 Å². The predicted molar refractivity (Wildman–Crippen MR) is 94.1 cm³/mol. The van der Waals surface area contributed by atoms with Gasteiger partial charge in [-0.3, -0.25) is 4.79 Å². The molecule has 2 saturated heterocycles. The van der Waals surface area contributed by atoms with E-state index in [2.05, 4.69) is 0 Å². The van der Waals surface area contributed by atoms with Gasteiger partial charge in [-0.25, -0.2) is 9.59 Å². The molecule has 26 heavy (non-hydrogen) atoms. The molecule has 0 aromatic heterocycles. The van der Waals surface area contributed by atoms with Gasteiger partial charge in [-0.1, -0.05) is 18.2 Å². The first-order valence-electron chi connectivity index (χ1n) is 8.33. The molecule has 0 saturated carbocycles. The molecule has 2 fully saturated rings. The van der Waals surface area contributed by atoms with Crippen molar-refractivity contribution in [1.82, 2.24) is 4.90 Å². The van der Waals surface area contributed by atoms with Crippen LogP contribution in [0.15, 0.2) is 30.3 Å². The lowest BCUT2D eigenvalue weighted by atomic mass is 9.92. The maximum atomic E-state index is 12.6. The highest BCUT2D eigenvalue weighted by molar-refractivity contribution is 8.01. The molecule has 0 spiro atoms. The number of benzene rings is 1. The summed E-state index contributed by atoms with van der Waals surface area (Å²) < 4.78 is 9.87. The summed E-state index contributed by atoms with van der Waals surface area (Å²) in [5.74, 6) is -1.95. The average Bonchev–Trinajstić information content (AvgIpc) is 2.83. The van der Waals surface area contributed by atoms with Gasteiger partial charge in [0.05, 0.1) is 23.5 Å². The van der Waals surface area contributed by atoms with Crippen LogP contribution in [0.4, 0.5) is 0 Å². The number of aliphatic hydroxyl groups excluding tert-OH is 1. The Morgan fingerprint density at radius 3 is 2.54 bits per heavy atom. The molecule has 2 heterocycles. The number of hydrogen-bond donors (Lipinski definition) is 1. The van der Waals surface area contributed by atoms with Gasteiger partial charge in [-0.05, 0) is 26.0 Å². The lowest BCUT2D eigenvalue weighted by molar-refractivity contribution is -0.181. The van der Waals surface area contributed by atoms with Gasteiger partial charge in [0.2, 0.25) is 12.2 Å². The molecule has 3 rings (SSSR count). The molecular weight excluding hydrogens is 358 g/mol. The number of β-lactam (4-membered cyclic amide) rings is 1. The molecule has 2 aliphatic heterocycles. The van der Waals surface area contributed by atoms with Crippen LogP contribution in [-0.2, 0) is 19.1 Å². The number of aliphatic hydroxyl groups is 1. The molecular formula is C18H21NO6S. The molecule has 1 amide bonds. The van der Waals surface area contributed by atoms with E-state index in [1.165, 1.54) is 23.6 Å². The molecule has 0 aliphatic carbocycles. The van der Waals surface area contributed by atoms with Gasteiger partial charge >= 0.3 is 11.9 Å². The third-order valence-electron chi connectivity index (χ3n) is 4.54. The minimum Gasteiger partial charge on any atom is -0.424 e. The van der Waals surface area contributed by atoms with E-state index in [0.717, 1.165) is 0 Å². The second kappa shape index (κ2) is 6.92. The number of carbonyl (C=O) groups excluding carboxylic acids is 3. The van der Waals surface area contributed by atoms with Crippen LogP contribution in [0.5, 0.6) is 0 Å². The van der Waals surface area contributed by atoms with Crippen LogP contribution in [0.3, 0.4) is 0 Å². The number of amides is 1. The molecule has 0 bridgehead atoms. The lowest BCUT2D eigenvalue weighted by Crippen LogP contribution is -2.63. The largest absolute Gasteiger partial charge is 0.424 e. The highest BCUT2D eigenvalue weighted by atomic mass is 32.2. The van der Waals surface area contributed by atoms with Gasteiger partial charge in [0, 0.05) is 11.7 Å². The maximum absolute atomic E-state index is 12.6. The highest BCUT2D eigenvalue weighted by Gasteiger charge is 2.63. The van der Waals surface area contributed by atoms with E-state index in [1.807, 2.05) is 13.8 Å². The Morgan fingerprint density at radius 1 is 1.27 bits per heavy atom. The van der Waals surface area contributed by atoms with Gasteiger partial charge in [-0.2, -0.15) is 0 Å². The van der Waals surface area contributed by atoms with Gasteiger partial charge < -0.3 is 19.5 Å². The summed E-state index contributed by atoms with van der Waals surface area (Å²) >= 11 is 1.46. The molecule has 4 unspecified atom stereocenters. The van der Waals surface area contributed by atoms with E-state index < -0.39 is 34.9 Å². The molecule has 140 valence electrons. The molecule has 7 nitrogen and oxygen atoms in total. The number of thioether (sulfide) groups is 1. The van der Waals surface area contributed by atoms with E-state index >= 15 is 0 Å². The molecule has 0 radical (unpaired) electrons. The first-order valence-corrected chi connectivity index (χ1v) is 9.21. The summed E-state index contributed by atoms with van der Waals surface area (Å²) in [6.07, 6.45) is -1.08. The Bertz CT molecular complexity index is 722. The Hall–Kier alpha value is -2.06. The molecule has 8 heteroatoms. The number of esters is 2. The summed E-state index contributed by atoms with van der Waals surface area (Å²) in [5.41, 5.74) is 0.357. The summed E-state index contributed by atoms with van der Waals surface area (Å²) in [5, 5.41) is 9.08. The van der Waals surface area contributed by atoms with E-state index in [1.54, 1.807) is 30.3 Å². The third-order valence-corrected chi connectivity index (χ3v) is 6.16. The summed E-state index contributed by atoms with van der Waals surface area (Å²) in [7, 11) is 0. The van der Waals surface area contributed by atoms with Crippen molar-refractivity contribution in [2.45, 2.75) is 43.2 Å². The van der Waals surface area contributed by atoms with Crippen molar-refractivity contribution in [3.8, 4) is 0 Å². The maximum Gasteiger partial charge on any atom is 0.341 e. The number of nitrogens with zero attached hydrogens (tertiary/aromatic N) is 1. The fraction of sp³-hybridized carbons (Fsp3) is 0.500. The fourth-order valence-corrected chi connectivity index (χ4v) is 4.95. The SMILES string of the molecule is CC(OC(=O)c1ccccc1)OC(=O)C1N2C(=O)C(CO)C2SC1(C)C. The zero-order chi connectivity index (χ0) is 19.1. The summed E-state index contributed by atoms with van der Waals surface area (Å²) in [4.78, 5) is 38.3. The Balaban J connectivity index is 1.64. The Morgan fingerprint density at radius 2 is 1.92 bits per heavy atom. The van der Waals surface area contributed by atoms with Crippen molar-refractivity contribution in [3.63, 3.8) is 0 Å². The number of rotatable bonds is 5. The highest BCUT2D eigenvalue weighted by Crippen LogP contribution is 2.53. The van der Waals surface area contributed by atoms with Crippen molar-refractivity contribution >= 4 is 29.6 Å². The second-order valence-electron chi connectivity index (χ2n) is 6.82. The zero-order valence-electron chi connectivity index (χ0n) is 14.7. The van der Waals surface area contributed by atoms with Crippen LogP contribution in [0.2, 0.25) is 0 Å². The van der Waals surface area contributed by atoms with Crippen LogP contribution in [0.25, 0.3) is 0 Å². The lowest BCUT2D eigenvalue weighted by Gasteiger charge is -2.43. The van der Waals surface area contributed by atoms with Crippen molar-refractivity contribution in [3.05, 3.63) is 35.9 Å². The Kier molecular flexibility index (Phi) is 4.98. The first-order chi connectivity index (χ1) is 12.3. The van der Waals surface area contributed by atoms with Crippen molar-refractivity contribution in [1.29, 1.82) is 0 Å². The van der Waals surface area contributed by atoms with Gasteiger partial charge in [-0.15, -0.1) is 11.8 Å². The van der Waals surface area contributed by atoms with Crippen LogP contribution >= 0.6 is 11.8 Å². The molecule has 1 aromatic carbocycles. The van der Waals surface area contributed by atoms with E-state index in [4.69, 9.17) is 9.47 Å². The fourth-order valence-electron chi connectivity index (χ4n) is 3.29.